The van der Waals surface area contributed by atoms with Gasteiger partial charge < -0.3 is 19.3 Å². The van der Waals surface area contributed by atoms with Crippen molar-refractivity contribution < 1.29 is 19.1 Å². The zero-order valence-electron chi connectivity index (χ0n) is 17.7. The Balaban J connectivity index is 1.51. The van der Waals surface area contributed by atoms with E-state index in [1.807, 2.05) is 54.6 Å². The monoisotopic (exact) mass is 422 g/mol. The van der Waals surface area contributed by atoms with Crippen LogP contribution in [0, 0.1) is 5.92 Å². The molecule has 1 amide bonds. The lowest BCUT2D eigenvalue weighted by atomic mass is 9.91. The third-order valence-electron chi connectivity index (χ3n) is 5.71. The van der Waals surface area contributed by atoms with Crippen molar-refractivity contribution in [3.05, 3.63) is 60.2 Å². The highest BCUT2D eigenvalue weighted by Gasteiger charge is 2.41. The first-order chi connectivity index (χ1) is 15.1. The molecule has 162 valence electrons. The smallest absolute Gasteiger partial charge is 0.320 e. The van der Waals surface area contributed by atoms with Crippen LogP contribution in [0.15, 0.2) is 59.6 Å². The molecule has 0 saturated carbocycles. The summed E-state index contributed by atoms with van der Waals surface area (Å²) in [6.07, 6.45) is 0. The van der Waals surface area contributed by atoms with Crippen LogP contribution in [0.25, 0.3) is 0 Å². The number of esters is 1. The molecule has 0 bridgehead atoms. The Morgan fingerprint density at radius 2 is 1.61 bits per heavy atom. The Bertz CT molecular complexity index is 953. The van der Waals surface area contributed by atoms with E-state index < -0.39 is 17.9 Å². The molecule has 2 heterocycles. The quantitative estimate of drug-likeness (QED) is 0.598. The Morgan fingerprint density at radius 3 is 2.23 bits per heavy atom. The number of hydrogen-bond acceptors (Lipinski definition) is 7. The molecule has 1 fully saturated rings. The number of amides is 1. The summed E-state index contributed by atoms with van der Waals surface area (Å²) in [7, 11) is 2.94. The van der Waals surface area contributed by atoms with Crippen LogP contribution in [0.4, 0.5) is 5.69 Å². The number of hydrogen-bond donors (Lipinski definition) is 1. The van der Waals surface area contributed by atoms with Gasteiger partial charge >= 0.3 is 5.97 Å². The SMILES string of the molecule is COC(=O)[C@@H]1C(=O)NC(N2CCN(c3ccc(OC)cc3)CC2)=N[C@H]1c1ccccc1. The van der Waals surface area contributed by atoms with E-state index in [1.54, 1.807) is 7.11 Å². The maximum Gasteiger partial charge on any atom is 0.320 e. The fourth-order valence-corrected chi connectivity index (χ4v) is 3.98. The Morgan fingerprint density at radius 1 is 0.968 bits per heavy atom. The lowest BCUT2D eigenvalue weighted by molar-refractivity contribution is -0.151. The van der Waals surface area contributed by atoms with E-state index >= 15 is 0 Å². The molecule has 4 rings (SSSR count). The molecule has 0 aromatic heterocycles. The molecule has 2 aliphatic heterocycles. The number of rotatable bonds is 4. The molecule has 31 heavy (non-hydrogen) atoms. The minimum absolute atomic E-state index is 0.386. The van der Waals surface area contributed by atoms with E-state index in [0.717, 1.165) is 30.1 Å². The molecule has 8 heteroatoms. The summed E-state index contributed by atoms with van der Waals surface area (Å²) in [5, 5.41) is 2.82. The van der Waals surface area contributed by atoms with Gasteiger partial charge in [-0.3, -0.25) is 14.9 Å². The van der Waals surface area contributed by atoms with Crippen molar-refractivity contribution in [1.29, 1.82) is 0 Å². The summed E-state index contributed by atoms with van der Waals surface area (Å²) in [6.45, 7) is 2.99. The normalized spacial score (nSPS) is 21.2. The second kappa shape index (κ2) is 9.07. The number of anilines is 1. The van der Waals surface area contributed by atoms with Crippen molar-refractivity contribution in [2.75, 3.05) is 45.3 Å². The number of methoxy groups -OCH3 is 2. The summed E-state index contributed by atoms with van der Waals surface area (Å²) >= 11 is 0. The van der Waals surface area contributed by atoms with E-state index in [4.69, 9.17) is 14.5 Å². The van der Waals surface area contributed by atoms with Gasteiger partial charge in [-0.05, 0) is 29.8 Å². The van der Waals surface area contributed by atoms with Crippen LogP contribution in [-0.4, -0.2) is 63.1 Å². The van der Waals surface area contributed by atoms with Gasteiger partial charge in [-0.2, -0.15) is 0 Å². The molecule has 0 aliphatic carbocycles. The molecule has 8 nitrogen and oxygen atoms in total. The Kier molecular flexibility index (Phi) is 6.06. The number of ether oxygens (including phenoxy) is 2. The van der Waals surface area contributed by atoms with Gasteiger partial charge in [-0.15, -0.1) is 0 Å². The molecule has 1 N–H and O–H groups in total. The van der Waals surface area contributed by atoms with Crippen LogP contribution in [0.3, 0.4) is 0 Å². The van der Waals surface area contributed by atoms with Crippen LogP contribution in [-0.2, 0) is 14.3 Å². The average molecular weight is 422 g/mol. The predicted molar refractivity (Wildman–Crippen MR) is 117 cm³/mol. The molecule has 0 unspecified atom stereocenters. The van der Waals surface area contributed by atoms with Crippen LogP contribution < -0.4 is 15.0 Å². The molecule has 2 aromatic carbocycles. The van der Waals surface area contributed by atoms with Gasteiger partial charge in [-0.25, -0.2) is 4.99 Å². The van der Waals surface area contributed by atoms with Crippen molar-refractivity contribution in [2.24, 2.45) is 10.9 Å². The maximum absolute atomic E-state index is 12.8. The Labute approximate surface area is 181 Å². The van der Waals surface area contributed by atoms with Crippen molar-refractivity contribution >= 4 is 23.5 Å². The van der Waals surface area contributed by atoms with Gasteiger partial charge in [0.25, 0.3) is 0 Å². The van der Waals surface area contributed by atoms with E-state index in [9.17, 15) is 9.59 Å². The van der Waals surface area contributed by atoms with Gasteiger partial charge in [0.15, 0.2) is 5.92 Å². The highest BCUT2D eigenvalue weighted by Crippen LogP contribution is 2.31. The second-order valence-corrected chi connectivity index (χ2v) is 7.47. The number of nitrogens with one attached hydrogen (secondary N) is 1. The predicted octanol–water partition coefficient (Wildman–Crippen LogP) is 1.83. The van der Waals surface area contributed by atoms with E-state index in [0.29, 0.717) is 19.0 Å². The largest absolute Gasteiger partial charge is 0.497 e. The van der Waals surface area contributed by atoms with Gasteiger partial charge in [0.1, 0.15) is 11.8 Å². The summed E-state index contributed by atoms with van der Waals surface area (Å²) < 4.78 is 10.1. The fourth-order valence-electron chi connectivity index (χ4n) is 3.98. The molecular weight excluding hydrogens is 396 g/mol. The number of piperazine rings is 1. The van der Waals surface area contributed by atoms with Crippen molar-refractivity contribution in [1.82, 2.24) is 10.2 Å². The molecule has 2 aliphatic rings. The lowest BCUT2D eigenvalue weighted by Crippen LogP contribution is -2.57. The standard InChI is InChI=1S/C23H26N4O4/c1-30-18-10-8-17(9-11-18)26-12-14-27(15-13-26)23-24-20(16-6-4-3-5-7-16)19(21(28)25-23)22(29)31-2/h3-11,19-20H,12-15H2,1-2H3,(H,24,25,28)/t19-,20-/m0/s1. The highest BCUT2D eigenvalue weighted by atomic mass is 16.5. The minimum Gasteiger partial charge on any atom is -0.497 e. The van der Waals surface area contributed by atoms with Crippen LogP contribution in [0.2, 0.25) is 0 Å². The molecule has 2 atom stereocenters. The summed E-state index contributed by atoms with van der Waals surface area (Å²) in [5.74, 6) is -0.638. The van der Waals surface area contributed by atoms with Gasteiger partial charge in [0.2, 0.25) is 11.9 Å². The van der Waals surface area contributed by atoms with Crippen molar-refractivity contribution in [2.45, 2.75) is 6.04 Å². The van der Waals surface area contributed by atoms with Crippen LogP contribution >= 0.6 is 0 Å². The van der Waals surface area contributed by atoms with Crippen LogP contribution in [0.1, 0.15) is 11.6 Å². The van der Waals surface area contributed by atoms with E-state index in [-0.39, 0.29) is 5.91 Å². The Hall–Kier alpha value is -3.55. The first-order valence-electron chi connectivity index (χ1n) is 10.3. The summed E-state index contributed by atoms with van der Waals surface area (Å²) in [4.78, 5) is 34.3. The lowest BCUT2D eigenvalue weighted by Gasteiger charge is -2.39. The van der Waals surface area contributed by atoms with Gasteiger partial charge in [0, 0.05) is 31.9 Å². The number of benzene rings is 2. The zero-order chi connectivity index (χ0) is 21.8. The molecule has 1 saturated heterocycles. The molecule has 0 radical (unpaired) electrons. The van der Waals surface area contributed by atoms with Crippen molar-refractivity contribution in [3.8, 4) is 5.75 Å². The number of carbonyl (C=O) groups excluding carboxylic acids is 2. The molecule has 0 spiro atoms. The molecular formula is C23H26N4O4. The van der Waals surface area contributed by atoms with Crippen molar-refractivity contribution in [3.63, 3.8) is 0 Å². The topological polar surface area (TPSA) is 83.5 Å². The first-order valence-corrected chi connectivity index (χ1v) is 10.3. The van der Waals surface area contributed by atoms with Crippen LogP contribution in [0.5, 0.6) is 5.75 Å². The summed E-state index contributed by atoms with van der Waals surface area (Å²) in [5.41, 5.74) is 1.94. The number of guanidine groups is 1. The third kappa shape index (κ3) is 4.33. The fraction of sp³-hybridized carbons (Fsp3) is 0.348. The minimum atomic E-state index is -1.00. The first kappa shape index (κ1) is 20.7. The number of carbonyl (C=O) groups is 2. The zero-order valence-corrected chi connectivity index (χ0v) is 17.7. The maximum atomic E-state index is 12.8. The highest BCUT2D eigenvalue weighted by molar-refractivity contribution is 6.08. The number of nitrogens with zero attached hydrogens (tertiary/aromatic N) is 3. The van der Waals surface area contributed by atoms with E-state index in [1.165, 1.54) is 7.11 Å². The van der Waals surface area contributed by atoms with E-state index in [2.05, 4.69) is 15.1 Å². The second-order valence-electron chi connectivity index (χ2n) is 7.47. The average Bonchev–Trinajstić information content (AvgIpc) is 2.84. The summed E-state index contributed by atoms with van der Waals surface area (Å²) in [6, 6.07) is 16.8. The number of aliphatic imine (C=N–C) groups is 1. The molecule has 2 aromatic rings. The van der Waals surface area contributed by atoms with Gasteiger partial charge in [-0.1, -0.05) is 30.3 Å². The third-order valence-corrected chi connectivity index (χ3v) is 5.71. The van der Waals surface area contributed by atoms with Gasteiger partial charge in [0.05, 0.1) is 14.2 Å².